The van der Waals surface area contributed by atoms with E-state index in [4.69, 9.17) is 9.47 Å². The van der Waals surface area contributed by atoms with Crippen LogP contribution in [0.25, 0.3) is 11.3 Å². The summed E-state index contributed by atoms with van der Waals surface area (Å²) in [5, 5.41) is 9.61. The number of hydrogen-bond acceptors (Lipinski definition) is 4. The molecule has 1 aromatic carbocycles. The van der Waals surface area contributed by atoms with Gasteiger partial charge in [0.2, 0.25) is 5.91 Å². The van der Waals surface area contributed by atoms with Gasteiger partial charge in [-0.2, -0.15) is 5.10 Å². The Morgan fingerprint density at radius 1 is 1.55 bits per heavy atom. The van der Waals surface area contributed by atoms with Crippen LogP contribution in [-0.2, 0) is 9.53 Å². The van der Waals surface area contributed by atoms with Crippen LogP contribution in [0.2, 0.25) is 0 Å². The smallest absolute Gasteiger partial charge is 0.221 e. The molecule has 20 heavy (non-hydrogen) atoms. The van der Waals surface area contributed by atoms with Gasteiger partial charge in [-0.05, 0) is 24.3 Å². The number of amides is 1. The van der Waals surface area contributed by atoms with Crippen molar-refractivity contribution in [2.45, 2.75) is 13.0 Å². The molecule has 2 N–H and O–H groups in total. The van der Waals surface area contributed by atoms with Crippen LogP contribution in [-0.4, -0.2) is 35.4 Å². The van der Waals surface area contributed by atoms with Gasteiger partial charge in [0.05, 0.1) is 12.3 Å². The fourth-order valence-electron chi connectivity index (χ4n) is 1.90. The largest absolute Gasteiger partial charge is 0.490 e. The van der Waals surface area contributed by atoms with Crippen LogP contribution in [0.1, 0.15) is 6.92 Å². The van der Waals surface area contributed by atoms with E-state index in [1.165, 1.54) is 6.92 Å². The van der Waals surface area contributed by atoms with Crippen LogP contribution in [0.15, 0.2) is 30.5 Å². The van der Waals surface area contributed by atoms with Crippen LogP contribution >= 0.6 is 0 Å². The van der Waals surface area contributed by atoms with E-state index in [2.05, 4.69) is 15.5 Å². The number of epoxide rings is 1. The number of aromatic amines is 1. The maximum Gasteiger partial charge on any atom is 0.221 e. The van der Waals surface area contributed by atoms with Gasteiger partial charge in [-0.15, -0.1) is 0 Å². The zero-order valence-electron chi connectivity index (χ0n) is 11.1. The lowest BCUT2D eigenvalue weighted by Gasteiger charge is -2.12. The number of rotatable bonds is 5. The minimum Gasteiger partial charge on any atom is -0.490 e. The first-order valence-electron chi connectivity index (χ1n) is 6.38. The highest BCUT2D eigenvalue weighted by Gasteiger charge is 2.23. The van der Waals surface area contributed by atoms with Crippen molar-refractivity contribution < 1.29 is 14.3 Å². The van der Waals surface area contributed by atoms with Crippen molar-refractivity contribution in [2.24, 2.45) is 0 Å². The number of H-pyrrole nitrogens is 1. The van der Waals surface area contributed by atoms with Crippen molar-refractivity contribution in [2.75, 3.05) is 18.5 Å². The number of ether oxygens (including phenoxy) is 2. The van der Waals surface area contributed by atoms with Crippen molar-refractivity contribution in [1.29, 1.82) is 0 Å². The number of nitrogens with one attached hydrogen (secondary N) is 2. The maximum atomic E-state index is 11.1. The third-order valence-electron chi connectivity index (χ3n) is 2.92. The molecule has 6 heteroatoms. The Morgan fingerprint density at radius 3 is 3.05 bits per heavy atom. The molecule has 1 saturated heterocycles. The molecule has 6 nitrogen and oxygen atoms in total. The normalized spacial score (nSPS) is 16.8. The molecule has 1 fully saturated rings. The van der Waals surface area contributed by atoms with E-state index in [0.717, 1.165) is 29.3 Å². The summed E-state index contributed by atoms with van der Waals surface area (Å²) in [4.78, 5) is 11.1. The number of nitrogens with zero attached hydrogens (tertiary/aromatic N) is 1. The Morgan fingerprint density at radius 2 is 2.40 bits per heavy atom. The standard InChI is InChI=1S/C14H15N3O3/c1-9(18)16-10-2-3-14(20-8-11-7-19-11)12(6-10)13-4-5-15-17-13/h2-6,11H,7-8H2,1H3,(H,15,17)(H,16,18). The topological polar surface area (TPSA) is 79.5 Å². The molecule has 0 bridgehead atoms. The zero-order valence-corrected chi connectivity index (χ0v) is 11.1. The molecule has 0 radical (unpaired) electrons. The molecule has 104 valence electrons. The average molecular weight is 273 g/mol. The molecule has 2 heterocycles. The van der Waals surface area contributed by atoms with Gasteiger partial charge in [-0.3, -0.25) is 9.89 Å². The Balaban J connectivity index is 1.88. The summed E-state index contributed by atoms with van der Waals surface area (Å²) < 4.78 is 10.9. The van der Waals surface area contributed by atoms with E-state index in [1.54, 1.807) is 6.20 Å². The second kappa shape index (κ2) is 5.34. The monoisotopic (exact) mass is 273 g/mol. The van der Waals surface area contributed by atoms with Crippen molar-refractivity contribution in [3.05, 3.63) is 30.5 Å². The lowest BCUT2D eigenvalue weighted by molar-refractivity contribution is -0.114. The highest BCUT2D eigenvalue weighted by molar-refractivity contribution is 5.90. The summed E-state index contributed by atoms with van der Waals surface area (Å²) in [6.45, 7) is 2.76. The minimum absolute atomic E-state index is 0.111. The Hall–Kier alpha value is -2.34. The molecular formula is C14H15N3O3. The van der Waals surface area contributed by atoms with Gasteiger partial charge >= 0.3 is 0 Å². The van der Waals surface area contributed by atoms with Crippen molar-refractivity contribution in [3.63, 3.8) is 0 Å². The molecule has 1 aromatic heterocycles. The first-order chi connectivity index (χ1) is 9.72. The van der Waals surface area contributed by atoms with Gasteiger partial charge in [0, 0.05) is 24.4 Å². The number of aromatic nitrogens is 2. The SMILES string of the molecule is CC(=O)Nc1ccc(OCC2CO2)c(-c2ccn[nH]2)c1. The van der Waals surface area contributed by atoms with Crippen molar-refractivity contribution in [3.8, 4) is 17.0 Å². The van der Waals surface area contributed by atoms with Gasteiger partial charge in [0.15, 0.2) is 0 Å². The molecule has 1 unspecified atom stereocenters. The second-order valence-corrected chi connectivity index (χ2v) is 4.63. The quantitative estimate of drug-likeness (QED) is 0.814. The molecule has 1 atom stereocenters. The highest BCUT2D eigenvalue weighted by Crippen LogP contribution is 2.32. The average Bonchev–Trinajstić information content (AvgIpc) is 3.09. The number of hydrogen-bond donors (Lipinski definition) is 2. The number of carbonyl (C=O) groups excluding carboxylic acids is 1. The molecule has 0 spiro atoms. The molecule has 0 aliphatic carbocycles. The predicted octanol–water partition coefficient (Wildman–Crippen LogP) is 1.81. The fraction of sp³-hybridized carbons (Fsp3) is 0.286. The maximum absolute atomic E-state index is 11.1. The van der Waals surface area contributed by atoms with E-state index in [-0.39, 0.29) is 12.0 Å². The summed E-state index contributed by atoms with van der Waals surface area (Å²) in [5.41, 5.74) is 2.41. The van der Waals surface area contributed by atoms with Crippen molar-refractivity contribution in [1.82, 2.24) is 10.2 Å². The number of anilines is 1. The molecule has 1 amide bonds. The third-order valence-corrected chi connectivity index (χ3v) is 2.92. The predicted molar refractivity (Wildman–Crippen MR) is 73.6 cm³/mol. The first-order valence-corrected chi connectivity index (χ1v) is 6.38. The molecule has 3 rings (SSSR count). The molecular weight excluding hydrogens is 258 g/mol. The van der Waals surface area contributed by atoms with E-state index in [9.17, 15) is 4.79 Å². The molecule has 1 aliphatic heterocycles. The van der Waals surface area contributed by atoms with E-state index >= 15 is 0 Å². The summed E-state index contributed by atoms with van der Waals surface area (Å²) in [6.07, 6.45) is 1.87. The summed E-state index contributed by atoms with van der Waals surface area (Å²) >= 11 is 0. The van der Waals surface area contributed by atoms with Crippen LogP contribution in [0.3, 0.4) is 0 Å². The lowest BCUT2D eigenvalue weighted by Crippen LogP contribution is -2.07. The minimum atomic E-state index is -0.111. The summed E-state index contributed by atoms with van der Waals surface area (Å²) in [7, 11) is 0. The van der Waals surface area contributed by atoms with Crippen LogP contribution in [0, 0.1) is 0 Å². The summed E-state index contributed by atoms with van der Waals surface area (Å²) in [6, 6.07) is 7.36. The van der Waals surface area contributed by atoms with Crippen LogP contribution in [0.4, 0.5) is 5.69 Å². The molecule has 2 aromatic rings. The molecule has 0 saturated carbocycles. The van der Waals surface area contributed by atoms with Gasteiger partial charge in [0.1, 0.15) is 18.5 Å². The fourth-order valence-corrected chi connectivity index (χ4v) is 1.90. The van der Waals surface area contributed by atoms with E-state index in [0.29, 0.717) is 6.61 Å². The Bertz CT molecular complexity index is 606. The number of carbonyl (C=O) groups is 1. The van der Waals surface area contributed by atoms with Gasteiger partial charge in [-0.25, -0.2) is 0 Å². The summed E-state index contributed by atoms with van der Waals surface area (Å²) in [5.74, 6) is 0.625. The Labute approximate surface area is 116 Å². The van der Waals surface area contributed by atoms with E-state index in [1.807, 2.05) is 24.3 Å². The van der Waals surface area contributed by atoms with Gasteiger partial charge in [-0.1, -0.05) is 0 Å². The molecule has 1 aliphatic rings. The highest BCUT2D eigenvalue weighted by atomic mass is 16.6. The van der Waals surface area contributed by atoms with Gasteiger partial charge in [0.25, 0.3) is 0 Å². The zero-order chi connectivity index (χ0) is 13.9. The van der Waals surface area contributed by atoms with E-state index < -0.39 is 0 Å². The van der Waals surface area contributed by atoms with Crippen molar-refractivity contribution >= 4 is 11.6 Å². The van der Waals surface area contributed by atoms with Crippen LogP contribution in [0.5, 0.6) is 5.75 Å². The second-order valence-electron chi connectivity index (χ2n) is 4.63. The third kappa shape index (κ3) is 2.97. The Kier molecular flexibility index (Phi) is 3.39. The number of benzene rings is 1. The van der Waals surface area contributed by atoms with Gasteiger partial charge < -0.3 is 14.8 Å². The lowest BCUT2D eigenvalue weighted by atomic mass is 10.1. The first kappa shape index (κ1) is 12.7. The van der Waals surface area contributed by atoms with Crippen LogP contribution < -0.4 is 10.1 Å².